The molecule has 0 saturated heterocycles. The number of carbonyl (C=O) groups is 1. The van der Waals surface area contributed by atoms with E-state index in [9.17, 15) is 13.2 Å². The molecule has 0 aliphatic carbocycles. The Morgan fingerprint density at radius 2 is 2.00 bits per heavy atom. The molecule has 0 radical (unpaired) electrons. The number of carbonyl (C=O) groups excluding carboxylic acids is 1. The van der Waals surface area contributed by atoms with E-state index >= 15 is 0 Å². The van der Waals surface area contributed by atoms with Crippen molar-refractivity contribution in [1.82, 2.24) is 4.72 Å². The zero-order chi connectivity index (χ0) is 15.3. The molecule has 0 atom stereocenters. The van der Waals surface area contributed by atoms with Crippen LogP contribution in [0.4, 0.5) is 0 Å². The quantitative estimate of drug-likeness (QED) is 0.496. The van der Waals surface area contributed by atoms with Gasteiger partial charge in [0.05, 0.1) is 5.02 Å². The van der Waals surface area contributed by atoms with Gasteiger partial charge in [0, 0.05) is 18.5 Å². The SMILES string of the molecule is NC(=O)CCCNS(=O)(=O)c1ccc(C(N)=S)cc1Cl. The fourth-order valence-corrected chi connectivity index (χ4v) is 3.16. The van der Waals surface area contributed by atoms with E-state index in [1.807, 2.05) is 0 Å². The van der Waals surface area contributed by atoms with Gasteiger partial charge in [-0.25, -0.2) is 13.1 Å². The first kappa shape index (κ1) is 16.8. The lowest BCUT2D eigenvalue weighted by atomic mass is 10.2. The van der Waals surface area contributed by atoms with E-state index in [0.717, 1.165) is 0 Å². The third-order valence-corrected chi connectivity index (χ3v) is 4.58. The number of hydrogen-bond acceptors (Lipinski definition) is 4. The van der Waals surface area contributed by atoms with Crippen molar-refractivity contribution in [3.8, 4) is 0 Å². The summed E-state index contributed by atoms with van der Waals surface area (Å²) in [4.78, 5) is 10.6. The van der Waals surface area contributed by atoms with E-state index in [-0.39, 0.29) is 27.9 Å². The second-order valence-corrected chi connectivity index (χ2v) is 6.56. The first-order valence-corrected chi connectivity index (χ1v) is 7.88. The molecule has 20 heavy (non-hydrogen) atoms. The van der Waals surface area contributed by atoms with Gasteiger partial charge in [-0.3, -0.25) is 4.79 Å². The second kappa shape index (κ2) is 6.98. The predicted molar refractivity (Wildman–Crippen MR) is 81.0 cm³/mol. The summed E-state index contributed by atoms with van der Waals surface area (Å²) in [6, 6.07) is 4.20. The average molecular weight is 336 g/mol. The van der Waals surface area contributed by atoms with Crippen molar-refractivity contribution in [3.05, 3.63) is 28.8 Å². The topological polar surface area (TPSA) is 115 Å². The van der Waals surface area contributed by atoms with Crippen LogP contribution in [0.15, 0.2) is 23.1 Å². The summed E-state index contributed by atoms with van der Waals surface area (Å²) in [5.41, 5.74) is 10.9. The van der Waals surface area contributed by atoms with Gasteiger partial charge < -0.3 is 11.5 Å². The molecule has 9 heteroatoms. The predicted octanol–water partition coefficient (Wildman–Crippen LogP) is 0.518. The van der Waals surface area contributed by atoms with Crippen molar-refractivity contribution in [3.63, 3.8) is 0 Å². The highest BCUT2D eigenvalue weighted by molar-refractivity contribution is 7.89. The maximum absolute atomic E-state index is 12.0. The van der Waals surface area contributed by atoms with Crippen LogP contribution < -0.4 is 16.2 Å². The zero-order valence-corrected chi connectivity index (χ0v) is 12.8. The van der Waals surface area contributed by atoms with E-state index < -0.39 is 15.9 Å². The van der Waals surface area contributed by atoms with Crippen LogP contribution in [0.25, 0.3) is 0 Å². The van der Waals surface area contributed by atoms with Crippen LogP contribution in [-0.4, -0.2) is 25.9 Å². The van der Waals surface area contributed by atoms with Crippen LogP contribution in [0, 0.1) is 0 Å². The Labute approximate surface area is 127 Å². The summed E-state index contributed by atoms with van der Waals surface area (Å²) >= 11 is 10.7. The van der Waals surface area contributed by atoms with Gasteiger partial charge in [0.1, 0.15) is 9.88 Å². The van der Waals surface area contributed by atoms with Crippen molar-refractivity contribution in [2.24, 2.45) is 11.5 Å². The molecule has 0 aromatic heterocycles. The highest BCUT2D eigenvalue weighted by Crippen LogP contribution is 2.22. The third kappa shape index (κ3) is 4.71. The van der Waals surface area contributed by atoms with Crippen LogP contribution in [-0.2, 0) is 14.8 Å². The Morgan fingerprint density at radius 3 is 2.50 bits per heavy atom. The highest BCUT2D eigenvalue weighted by atomic mass is 35.5. The van der Waals surface area contributed by atoms with Gasteiger partial charge >= 0.3 is 0 Å². The first-order valence-electron chi connectivity index (χ1n) is 5.61. The molecule has 0 unspecified atom stereocenters. The van der Waals surface area contributed by atoms with Crippen LogP contribution in [0.2, 0.25) is 5.02 Å². The summed E-state index contributed by atoms with van der Waals surface area (Å²) in [5, 5.41) is 0.0256. The summed E-state index contributed by atoms with van der Waals surface area (Å²) in [5.74, 6) is -0.483. The molecule has 1 aromatic rings. The van der Waals surface area contributed by atoms with Crippen LogP contribution in [0.1, 0.15) is 18.4 Å². The van der Waals surface area contributed by atoms with Crippen LogP contribution >= 0.6 is 23.8 Å². The van der Waals surface area contributed by atoms with Gasteiger partial charge in [0.15, 0.2) is 0 Å². The minimum Gasteiger partial charge on any atom is -0.389 e. The van der Waals surface area contributed by atoms with Crippen molar-refractivity contribution < 1.29 is 13.2 Å². The Hall–Kier alpha value is -1.22. The van der Waals surface area contributed by atoms with E-state index in [1.54, 1.807) is 0 Å². The third-order valence-electron chi connectivity index (χ3n) is 2.40. The molecule has 1 aromatic carbocycles. The van der Waals surface area contributed by atoms with Crippen molar-refractivity contribution in [2.45, 2.75) is 17.7 Å². The number of halogens is 1. The molecule has 110 valence electrons. The molecule has 0 aliphatic rings. The van der Waals surface area contributed by atoms with Gasteiger partial charge in [-0.1, -0.05) is 29.9 Å². The minimum atomic E-state index is -3.75. The molecule has 1 rings (SSSR count). The number of nitrogens with two attached hydrogens (primary N) is 2. The molecule has 5 N–H and O–H groups in total. The summed E-state index contributed by atoms with van der Waals surface area (Å²) < 4.78 is 26.3. The number of benzene rings is 1. The lowest BCUT2D eigenvalue weighted by Gasteiger charge is -2.09. The summed E-state index contributed by atoms with van der Waals surface area (Å²) in [6.45, 7) is 0.0959. The largest absolute Gasteiger partial charge is 0.389 e. The van der Waals surface area contributed by atoms with Gasteiger partial charge in [-0.2, -0.15) is 0 Å². The lowest BCUT2D eigenvalue weighted by Crippen LogP contribution is -2.26. The number of primary amides is 1. The highest BCUT2D eigenvalue weighted by Gasteiger charge is 2.18. The summed E-state index contributed by atoms with van der Waals surface area (Å²) in [7, 11) is -3.75. The fourth-order valence-electron chi connectivity index (χ4n) is 1.42. The standard InChI is InChI=1S/C11H14ClN3O3S2/c12-8-6-7(11(14)19)3-4-9(8)20(17,18)15-5-1-2-10(13)16/h3-4,6,15H,1-2,5H2,(H2,13,16)(H2,14,19). The van der Waals surface area contributed by atoms with Crippen LogP contribution in [0.3, 0.4) is 0 Å². The molecule has 0 bridgehead atoms. The van der Waals surface area contributed by atoms with E-state index in [0.29, 0.717) is 12.0 Å². The number of thiocarbonyl (C=S) groups is 1. The zero-order valence-electron chi connectivity index (χ0n) is 10.4. The van der Waals surface area contributed by atoms with Crippen LogP contribution in [0.5, 0.6) is 0 Å². The number of nitrogens with one attached hydrogen (secondary N) is 1. The maximum atomic E-state index is 12.0. The molecule has 1 amide bonds. The lowest BCUT2D eigenvalue weighted by molar-refractivity contribution is -0.118. The number of rotatable bonds is 7. The van der Waals surface area contributed by atoms with E-state index in [4.69, 9.17) is 35.3 Å². The molecule has 0 heterocycles. The fraction of sp³-hybridized carbons (Fsp3) is 0.273. The molecule has 0 saturated carbocycles. The minimum absolute atomic E-state index is 0.0256. The normalized spacial score (nSPS) is 11.2. The van der Waals surface area contributed by atoms with Gasteiger partial charge in [-0.15, -0.1) is 0 Å². The maximum Gasteiger partial charge on any atom is 0.242 e. The van der Waals surface area contributed by atoms with Crippen molar-refractivity contribution >= 4 is 44.7 Å². The van der Waals surface area contributed by atoms with Crippen molar-refractivity contribution in [2.75, 3.05) is 6.54 Å². The molecule has 0 aliphatic heterocycles. The smallest absolute Gasteiger partial charge is 0.242 e. The van der Waals surface area contributed by atoms with E-state index in [1.165, 1.54) is 18.2 Å². The molecule has 6 nitrogen and oxygen atoms in total. The first-order chi connectivity index (χ1) is 9.24. The summed E-state index contributed by atoms with van der Waals surface area (Å²) in [6.07, 6.45) is 0.424. The Morgan fingerprint density at radius 1 is 1.35 bits per heavy atom. The van der Waals surface area contributed by atoms with E-state index in [2.05, 4.69) is 4.72 Å². The number of amides is 1. The van der Waals surface area contributed by atoms with Gasteiger partial charge in [0.2, 0.25) is 15.9 Å². The molecular formula is C11H14ClN3O3S2. The molecule has 0 spiro atoms. The Kier molecular flexibility index (Phi) is 5.88. The Bertz CT molecular complexity index is 632. The molecular weight excluding hydrogens is 322 g/mol. The second-order valence-electron chi connectivity index (χ2n) is 3.98. The van der Waals surface area contributed by atoms with Gasteiger partial charge in [-0.05, 0) is 18.6 Å². The molecule has 0 fully saturated rings. The van der Waals surface area contributed by atoms with Crippen molar-refractivity contribution in [1.29, 1.82) is 0 Å². The average Bonchev–Trinajstić information content (AvgIpc) is 2.34. The monoisotopic (exact) mass is 335 g/mol. The number of sulfonamides is 1. The Balaban J connectivity index is 2.82. The number of hydrogen-bond donors (Lipinski definition) is 3. The van der Waals surface area contributed by atoms with Gasteiger partial charge in [0.25, 0.3) is 0 Å².